The first kappa shape index (κ1) is 17.4. The number of benzene rings is 2. The van der Waals surface area contributed by atoms with Crippen molar-refractivity contribution >= 4 is 28.2 Å². The Labute approximate surface area is 158 Å². The van der Waals surface area contributed by atoms with Crippen molar-refractivity contribution in [1.29, 1.82) is 0 Å². The van der Waals surface area contributed by atoms with Gasteiger partial charge in [-0.3, -0.25) is 4.90 Å². The minimum absolute atomic E-state index is 0.110. The van der Waals surface area contributed by atoms with E-state index >= 15 is 0 Å². The Morgan fingerprint density at radius 3 is 2.77 bits per heavy atom. The van der Waals surface area contributed by atoms with Crippen LogP contribution in [0.5, 0.6) is 0 Å². The molecule has 4 rings (SSSR count). The SMILES string of the molecule is Fc1ccccc1C1=CCN(CCSCc2c[nH]c3ccccc23)CC1. The van der Waals surface area contributed by atoms with Crippen molar-refractivity contribution in [1.82, 2.24) is 9.88 Å². The molecule has 26 heavy (non-hydrogen) atoms. The molecule has 0 atom stereocenters. The van der Waals surface area contributed by atoms with E-state index in [-0.39, 0.29) is 5.82 Å². The number of aromatic nitrogens is 1. The molecule has 1 aromatic heterocycles. The average Bonchev–Trinajstić information content (AvgIpc) is 3.09. The first-order valence-corrected chi connectivity index (χ1v) is 10.3. The first-order valence-electron chi connectivity index (χ1n) is 9.10. The van der Waals surface area contributed by atoms with Crippen LogP contribution in [-0.2, 0) is 5.75 Å². The van der Waals surface area contributed by atoms with E-state index in [0.717, 1.165) is 48.7 Å². The fourth-order valence-electron chi connectivity index (χ4n) is 3.51. The molecule has 0 bridgehead atoms. The van der Waals surface area contributed by atoms with E-state index in [1.165, 1.54) is 16.5 Å². The molecule has 4 heteroatoms. The van der Waals surface area contributed by atoms with Crippen molar-refractivity contribution in [3.8, 4) is 0 Å². The van der Waals surface area contributed by atoms with Crippen molar-refractivity contribution < 1.29 is 4.39 Å². The minimum Gasteiger partial charge on any atom is -0.361 e. The van der Waals surface area contributed by atoms with Crippen LogP contribution < -0.4 is 0 Å². The van der Waals surface area contributed by atoms with Gasteiger partial charge >= 0.3 is 0 Å². The van der Waals surface area contributed by atoms with Gasteiger partial charge in [-0.2, -0.15) is 11.8 Å². The molecule has 2 aromatic carbocycles. The molecule has 0 fully saturated rings. The van der Waals surface area contributed by atoms with Crippen molar-refractivity contribution in [2.75, 3.05) is 25.4 Å². The van der Waals surface area contributed by atoms with Gasteiger partial charge in [0.2, 0.25) is 0 Å². The summed E-state index contributed by atoms with van der Waals surface area (Å²) in [5, 5.41) is 1.33. The lowest BCUT2D eigenvalue weighted by Crippen LogP contribution is -2.30. The molecule has 0 spiro atoms. The van der Waals surface area contributed by atoms with Crippen LogP contribution in [0.2, 0.25) is 0 Å². The Morgan fingerprint density at radius 1 is 1.08 bits per heavy atom. The fourth-order valence-corrected chi connectivity index (χ4v) is 4.50. The third-order valence-corrected chi connectivity index (χ3v) is 5.98. The number of rotatable bonds is 6. The second-order valence-corrected chi connectivity index (χ2v) is 7.78. The molecule has 1 N–H and O–H groups in total. The molecule has 0 radical (unpaired) electrons. The quantitative estimate of drug-likeness (QED) is 0.595. The van der Waals surface area contributed by atoms with E-state index in [4.69, 9.17) is 0 Å². The van der Waals surface area contributed by atoms with Gasteiger partial charge in [-0.1, -0.05) is 42.5 Å². The maximum atomic E-state index is 13.9. The van der Waals surface area contributed by atoms with Crippen LogP contribution in [0.25, 0.3) is 16.5 Å². The van der Waals surface area contributed by atoms with Crippen LogP contribution in [0, 0.1) is 5.82 Å². The van der Waals surface area contributed by atoms with Gasteiger partial charge in [0.25, 0.3) is 0 Å². The number of aromatic amines is 1. The molecular weight excluding hydrogens is 343 g/mol. The number of thioether (sulfide) groups is 1. The lowest BCUT2D eigenvalue weighted by Gasteiger charge is -2.26. The standard InChI is InChI=1S/C22H23FN2S/c23-21-7-3-1-5-19(21)17-9-11-25(12-10-17)13-14-26-16-18-15-24-22-8-4-2-6-20(18)22/h1-9,15,24H,10-14,16H2. The van der Waals surface area contributed by atoms with Gasteiger partial charge in [0.15, 0.2) is 0 Å². The van der Waals surface area contributed by atoms with Crippen molar-refractivity contribution in [3.63, 3.8) is 0 Å². The maximum absolute atomic E-state index is 13.9. The fraction of sp³-hybridized carbons (Fsp3) is 0.273. The molecule has 2 nitrogen and oxygen atoms in total. The van der Waals surface area contributed by atoms with Crippen LogP contribution >= 0.6 is 11.8 Å². The summed E-state index contributed by atoms with van der Waals surface area (Å²) in [4.78, 5) is 5.79. The summed E-state index contributed by atoms with van der Waals surface area (Å²) >= 11 is 1.98. The maximum Gasteiger partial charge on any atom is 0.130 e. The van der Waals surface area contributed by atoms with Crippen LogP contribution in [0.3, 0.4) is 0 Å². The summed E-state index contributed by atoms with van der Waals surface area (Å²) in [6, 6.07) is 15.6. The Kier molecular flexibility index (Phi) is 5.42. The zero-order chi connectivity index (χ0) is 17.8. The Bertz CT molecular complexity index is 915. The normalized spacial score (nSPS) is 15.3. The zero-order valence-corrected chi connectivity index (χ0v) is 15.6. The van der Waals surface area contributed by atoms with Crippen LogP contribution in [0.15, 0.2) is 60.8 Å². The summed E-state index contributed by atoms with van der Waals surface area (Å²) < 4.78 is 13.9. The molecule has 0 amide bonds. The minimum atomic E-state index is -0.110. The Morgan fingerprint density at radius 2 is 1.92 bits per heavy atom. The highest BCUT2D eigenvalue weighted by molar-refractivity contribution is 7.98. The predicted molar refractivity (Wildman–Crippen MR) is 110 cm³/mol. The third-order valence-electron chi connectivity index (χ3n) is 5.00. The van der Waals surface area contributed by atoms with Crippen LogP contribution in [-0.4, -0.2) is 35.3 Å². The van der Waals surface area contributed by atoms with E-state index in [9.17, 15) is 4.39 Å². The molecule has 0 aliphatic carbocycles. The van der Waals surface area contributed by atoms with Crippen LogP contribution in [0.1, 0.15) is 17.5 Å². The number of para-hydroxylation sites is 1. The number of H-pyrrole nitrogens is 1. The third kappa shape index (κ3) is 3.87. The second-order valence-electron chi connectivity index (χ2n) is 6.67. The van der Waals surface area contributed by atoms with E-state index in [1.54, 1.807) is 12.1 Å². The van der Waals surface area contributed by atoms with Gasteiger partial charge in [-0.25, -0.2) is 4.39 Å². The van der Waals surface area contributed by atoms with Crippen molar-refractivity contribution in [2.24, 2.45) is 0 Å². The predicted octanol–water partition coefficient (Wildman–Crippen LogP) is 5.33. The lowest BCUT2D eigenvalue weighted by atomic mass is 9.99. The number of hydrogen-bond donors (Lipinski definition) is 1. The molecule has 3 aromatic rings. The first-order chi connectivity index (χ1) is 12.8. The summed E-state index contributed by atoms with van der Waals surface area (Å²) in [5.74, 6) is 2.04. The smallest absolute Gasteiger partial charge is 0.130 e. The molecule has 134 valence electrons. The molecule has 1 aliphatic heterocycles. The van der Waals surface area contributed by atoms with Gasteiger partial charge in [-0.15, -0.1) is 0 Å². The number of nitrogens with one attached hydrogen (secondary N) is 1. The van der Waals surface area contributed by atoms with Gasteiger partial charge in [0.1, 0.15) is 5.82 Å². The van der Waals surface area contributed by atoms with Crippen molar-refractivity contribution in [3.05, 3.63) is 77.7 Å². The zero-order valence-electron chi connectivity index (χ0n) is 14.7. The monoisotopic (exact) mass is 366 g/mol. The van der Waals surface area contributed by atoms with E-state index < -0.39 is 0 Å². The summed E-state index contributed by atoms with van der Waals surface area (Å²) in [6.45, 7) is 3.00. The molecular formula is C22H23FN2S. The molecule has 1 aliphatic rings. The van der Waals surface area contributed by atoms with Gasteiger partial charge < -0.3 is 4.98 Å². The summed E-state index contributed by atoms with van der Waals surface area (Å²) in [6.07, 6.45) is 5.24. The van der Waals surface area contributed by atoms with E-state index in [0.29, 0.717) is 0 Å². The molecule has 0 saturated carbocycles. The molecule has 0 saturated heterocycles. The lowest BCUT2D eigenvalue weighted by molar-refractivity contribution is 0.321. The van der Waals surface area contributed by atoms with E-state index in [2.05, 4.69) is 46.4 Å². The average molecular weight is 367 g/mol. The highest BCUT2D eigenvalue weighted by atomic mass is 32.2. The highest BCUT2D eigenvalue weighted by Gasteiger charge is 2.15. The van der Waals surface area contributed by atoms with Gasteiger partial charge in [0, 0.05) is 53.8 Å². The number of fused-ring (bicyclic) bond motifs is 1. The Hall–Kier alpha value is -2.04. The highest BCUT2D eigenvalue weighted by Crippen LogP contribution is 2.25. The van der Waals surface area contributed by atoms with Gasteiger partial charge in [0.05, 0.1) is 0 Å². The Balaban J connectivity index is 1.26. The number of nitrogens with zero attached hydrogens (tertiary/aromatic N) is 1. The molecule has 0 unspecified atom stereocenters. The molecule has 2 heterocycles. The van der Waals surface area contributed by atoms with Crippen molar-refractivity contribution in [2.45, 2.75) is 12.2 Å². The van der Waals surface area contributed by atoms with Gasteiger partial charge in [-0.05, 0) is 29.7 Å². The topological polar surface area (TPSA) is 19.0 Å². The van der Waals surface area contributed by atoms with E-state index in [1.807, 2.05) is 23.9 Å². The second kappa shape index (κ2) is 8.11. The van der Waals surface area contributed by atoms with Crippen LogP contribution in [0.4, 0.5) is 4.39 Å². The largest absolute Gasteiger partial charge is 0.361 e. The summed E-state index contributed by atoms with van der Waals surface area (Å²) in [5.41, 5.74) is 4.50. The summed E-state index contributed by atoms with van der Waals surface area (Å²) in [7, 11) is 0. The number of halogens is 1. The number of hydrogen-bond acceptors (Lipinski definition) is 2.